The van der Waals surface area contributed by atoms with Crippen molar-refractivity contribution in [2.45, 2.75) is 13.3 Å². The van der Waals surface area contributed by atoms with Crippen molar-refractivity contribution < 1.29 is 4.74 Å². The molecule has 6 heteroatoms. The van der Waals surface area contributed by atoms with Crippen LogP contribution in [0.25, 0.3) is 11.3 Å². The zero-order valence-electron chi connectivity index (χ0n) is 11.3. The van der Waals surface area contributed by atoms with E-state index in [-0.39, 0.29) is 0 Å². The standard InChI is InChI=1S/C14H15Cl2N3O/c1-3-5-18-14-11(16)8-10(15)13(19-14)9-4-6-17-12(7-9)20-2/h4,6-8H,3,5H2,1-2H3,(H,18,19). The van der Waals surface area contributed by atoms with Gasteiger partial charge in [0.2, 0.25) is 5.88 Å². The van der Waals surface area contributed by atoms with Crippen LogP contribution in [0, 0.1) is 0 Å². The highest BCUT2D eigenvalue weighted by Gasteiger charge is 2.12. The van der Waals surface area contributed by atoms with Gasteiger partial charge in [-0.3, -0.25) is 0 Å². The molecule has 0 spiro atoms. The smallest absolute Gasteiger partial charge is 0.213 e. The second-order valence-electron chi connectivity index (χ2n) is 4.16. The second-order valence-corrected chi connectivity index (χ2v) is 4.98. The molecule has 4 nitrogen and oxygen atoms in total. The van der Waals surface area contributed by atoms with Gasteiger partial charge in [0, 0.05) is 24.4 Å². The molecule has 0 aliphatic rings. The Labute approximate surface area is 128 Å². The lowest BCUT2D eigenvalue weighted by molar-refractivity contribution is 0.398. The molecule has 20 heavy (non-hydrogen) atoms. The number of halogens is 2. The fourth-order valence-electron chi connectivity index (χ4n) is 1.70. The maximum absolute atomic E-state index is 6.23. The Morgan fingerprint density at radius 1 is 1.25 bits per heavy atom. The van der Waals surface area contributed by atoms with Crippen LogP contribution in [-0.4, -0.2) is 23.6 Å². The number of anilines is 1. The first-order valence-corrected chi connectivity index (χ1v) is 7.01. The Morgan fingerprint density at radius 2 is 2.05 bits per heavy atom. The zero-order chi connectivity index (χ0) is 14.5. The Balaban J connectivity index is 2.44. The molecule has 0 aliphatic heterocycles. The molecule has 2 aromatic rings. The van der Waals surface area contributed by atoms with Gasteiger partial charge in [0.25, 0.3) is 0 Å². The van der Waals surface area contributed by atoms with Crippen LogP contribution < -0.4 is 10.1 Å². The molecule has 0 fully saturated rings. The number of hydrogen-bond acceptors (Lipinski definition) is 4. The summed E-state index contributed by atoms with van der Waals surface area (Å²) >= 11 is 12.4. The van der Waals surface area contributed by atoms with Crippen LogP contribution in [0.2, 0.25) is 10.0 Å². The minimum absolute atomic E-state index is 0.491. The van der Waals surface area contributed by atoms with E-state index in [4.69, 9.17) is 27.9 Å². The van der Waals surface area contributed by atoms with E-state index in [0.29, 0.717) is 27.4 Å². The average molecular weight is 312 g/mol. The highest BCUT2D eigenvalue weighted by atomic mass is 35.5. The molecule has 1 N–H and O–H groups in total. The summed E-state index contributed by atoms with van der Waals surface area (Å²) in [5.41, 5.74) is 1.48. The lowest BCUT2D eigenvalue weighted by Crippen LogP contribution is -2.03. The predicted octanol–water partition coefficient (Wildman–Crippen LogP) is 4.28. The molecule has 2 rings (SSSR count). The summed E-state index contributed by atoms with van der Waals surface area (Å²) in [5.74, 6) is 1.14. The van der Waals surface area contributed by atoms with Gasteiger partial charge in [-0.1, -0.05) is 30.1 Å². The van der Waals surface area contributed by atoms with Gasteiger partial charge in [-0.05, 0) is 18.6 Å². The number of hydrogen-bond donors (Lipinski definition) is 1. The van der Waals surface area contributed by atoms with Crippen molar-refractivity contribution in [3.8, 4) is 17.1 Å². The number of nitrogens with zero attached hydrogens (tertiary/aromatic N) is 2. The predicted molar refractivity (Wildman–Crippen MR) is 82.8 cm³/mol. The van der Waals surface area contributed by atoms with E-state index in [2.05, 4.69) is 22.2 Å². The summed E-state index contributed by atoms with van der Waals surface area (Å²) in [5, 5.41) is 4.18. The van der Waals surface area contributed by atoms with E-state index in [1.165, 1.54) is 0 Å². The number of aromatic nitrogens is 2. The van der Waals surface area contributed by atoms with Crippen molar-refractivity contribution in [1.29, 1.82) is 0 Å². The zero-order valence-corrected chi connectivity index (χ0v) is 12.8. The molecule has 0 aliphatic carbocycles. The van der Waals surface area contributed by atoms with Gasteiger partial charge in [-0.25, -0.2) is 9.97 Å². The largest absolute Gasteiger partial charge is 0.481 e. The summed E-state index contributed by atoms with van der Waals surface area (Å²) in [6.07, 6.45) is 2.64. The van der Waals surface area contributed by atoms with Crippen molar-refractivity contribution in [2.75, 3.05) is 19.0 Å². The van der Waals surface area contributed by atoms with Crippen LogP contribution in [0.3, 0.4) is 0 Å². The summed E-state index contributed by atoms with van der Waals surface area (Å²) in [6.45, 7) is 2.87. The van der Waals surface area contributed by atoms with Crippen LogP contribution in [0.1, 0.15) is 13.3 Å². The number of methoxy groups -OCH3 is 1. The minimum atomic E-state index is 0.491. The van der Waals surface area contributed by atoms with Crippen molar-refractivity contribution in [3.05, 3.63) is 34.4 Å². The van der Waals surface area contributed by atoms with Crippen molar-refractivity contribution >= 4 is 29.0 Å². The Hall–Kier alpha value is -1.52. The van der Waals surface area contributed by atoms with Crippen molar-refractivity contribution in [3.63, 3.8) is 0 Å². The monoisotopic (exact) mass is 311 g/mol. The molecule has 0 saturated heterocycles. The second kappa shape index (κ2) is 6.77. The normalized spacial score (nSPS) is 10.4. The first kappa shape index (κ1) is 14.9. The Bertz CT molecular complexity index is 605. The third-order valence-corrected chi connectivity index (χ3v) is 3.27. The van der Waals surface area contributed by atoms with Crippen molar-refractivity contribution in [2.24, 2.45) is 0 Å². The number of ether oxygens (including phenoxy) is 1. The van der Waals surface area contributed by atoms with Gasteiger partial charge in [0.1, 0.15) is 5.82 Å². The van der Waals surface area contributed by atoms with E-state index in [1.807, 2.05) is 6.07 Å². The van der Waals surface area contributed by atoms with Crippen LogP contribution in [0.5, 0.6) is 5.88 Å². The molecule has 0 aromatic carbocycles. The number of rotatable bonds is 5. The van der Waals surface area contributed by atoms with Crippen LogP contribution in [0.4, 0.5) is 5.82 Å². The molecule has 0 radical (unpaired) electrons. The molecule has 2 heterocycles. The quantitative estimate of drug-likeness (QED) is 0.895. The van der Waals surface area contributed by atoms with Crippen molar-refractivity contribution in [1.82, 2.24) is 9.97 Å². The SMILES string of the molecule is CCCNc1nc(-c2ccnc(OC)c2)c(Cl)cc1Cl. The van der Waals surface area contributed by atoms with E-state index in [1.54, 1.807) is 25.4 Å². The first-order valence-electron chi connectivity index (χ1n) is 6.26. The highest BCUT2D eigenvalue weighted by molar-refractivity contribution is 6.37. The summed E-state index contributed by atoms with van der Waals surface area (Å²) in [4.78, 5) is 8.56. The lowest BCUT2D eigenvalue weighted by atomic mass is 10.2. The van der Waals surface area contributed by atoms with Crippen LogP contribution in [0.15, 0.2) is 24.4 Å². The van der Waals surface area contributed by atoms with Gasteiger partial charge < -0.3 is 10.1 Å². The summed E-state index contributed by atoms with van der Waals surface area (Å²) in [7, 11) is 1.57. The highest BCUT2D eigenvalue weighted by Crippen LogP contribution is 2.33. The van der Waals surface area contributed by atoms with Crippen LogP contribution >= 0.6 is 23.2 Å². The summed E-state index contributed by atoms with van der Waals surface area (Å²) in [6, 6.07) is 5.30. The maximum Gasteiger partial charge on any atom is 0.213 e. The minimum Gasteiger partial charge on any atom is -0.481 e. The lowest BCUT2D eigenvalue weighted by Gasteiger charge is -2.11. The molecule has 2 aromatic heterocycles. The Kier molecular flexibility index (Phi) is 5.04. The fourth-order valence-corrected chi connectivity index (χ4v) is 2.24. The van der Waals surface area contributed by atoms with Gasteiger partial charge in [0.15, 0.2) is 0 Å². The number of nitrogens with one attached hydrogen (secondary N) is 1. The maximum atomic E-state index is 6.23. The van der Waals surface area contributed by atoms with Crippen LogP contribution in [-0.2, 0) is 0 Å². The third-order valence-electron chi connectivity index (χ3n) is 2.69. The van der Waals surface area contributed by atoms with E-state index in [0.717, 1.165) is 18.5 Å². The van der Waals surface area contributed by atoms with E-state index < -0.39 is 0 Å². The molecule has 106 valence electrons. The van der Waals surface area contributed by atoms with Gasteiger partial charge >= 0.3 is 0 Å². The van der Waals surface area contributed by atoms with Gasteiger partial charge in [-0.2, -0.15) is 0 Å². The molecule has 0 atom stereocenters. The molecular weight excluding hydrogens is 297 g/mol. The average Bonchev–Trinajstić information content (AvgIpc) is 2.46. The molecule has 0 amide bonds. The third kappa shape index (κ3) is 3.32. The molecular formula is C14H15Cl2N3O. The number of pyridine rings is 2. The van der Waals surface area contributed by atoms with Gasteiger partial charge in [-0.15, -0.1) is 0 Å². The first-order chi connectivity index (χ1) is 9.65. The van der Waals surface area contributed by atoms with E-state index >= 15 is 0 Å². The molecule has 0 bridgehead atoms. The molecule has 0 saturated carbocycles. The Morgan fingerprint density at radius 3 is 2.75 bits per heavy atom. The molecule has 0 unspecified atom stereocenters. The fraction of sp³-hybridized carbons (Fsp3) is 0.286. The topological polar surface area (TPSA) is 47.0 Å². The summed E-state index contributed by atoms with van der Waals surface area (Å²) < 4.78 is 5.11. The van der Waals surface area contributed by atoms with E-state index in [9.17, 15) is 0 Å². The van der Waals surface area contributed by atoms with Gasteiger partial charge in [0.05, 0.1) is 22.8 Å².